The zero-order chi connectivity index (χ0) is 16.4. The maximum atomic E-state index is 11.8. The number of hydrogen-bond acceptors (Lipinski definition) is 5. The number of rotatable bonds is 10. The number of hydrogen-bond donors (Lipinski definition) is 0. The Balaban J connectivity index is 2.34. The van der Waals surface area contributed by atoms with Crippen molar-refractivity contribution in [1.82, 2.24) is 4.90 Å². The molecule has 6 heteroatoms. The zero-order valence-corrected chi connectivity index (χ0v) is 13.3. The number of nitro groups is 1. The fourth-order valence-electron chi connectivity index (χ4n) is 2.22. The van der Waals surface area contributed by atoms with Crippen molar-refractivity contribution < 1.29 is 14.5 Å². The summed E-state index contributed by atoms with van der Waals surface area (Å²) in [7, 11) is 0. The first-order valence-corrected chi connectivity index (χ1v) is 7.72. The van der Waals surface area contributed by atoms with Crippen LogP contribution in [0.2, 0.25) is 0 Å². The molecular formula is C16H24N2O4. The standard InChI is InChI=1S/C16H24N2O4/c1-3-10-17(11-4-2)12-5-13-22-16(19)14-6-8-15(9-7-14)18(20)21/h6-9H,3-5,10-13H2,1-2H3. The average molecular weight is 308 g/mol. The van der Waals surface area contributed by atoms with Crippen molar-refractivity contribution in [1.29, 1.82) is 0 Å². The Kier molecular flexibility index (Phi) is 8.14. The topological polar surface area (TPSA) is 72.7 Å². The molecule has 0 unspecified atom stereocenters. The lowest BCUT2D eigenvalue weighted by atomic mass is 10.2. The van der Waals surface area contributed by atoms with Crippen molar-refractivity contribution in [2.75, 3.05) is 26.2 Å². The molecule has 0 saturated carbocycles. The third-order valence-electron chi connectivity index (χ3n) is 3.25. The molecule has 0 saturated heterocycles. The largest absolute Gasteiger partial charge is 0.462 e. The molecule has 0 radical (unpaired) electrons. The van der Waals surface area contributed by atoms with Gasteiger partial charge in [0, 0.05) is 18.7 Å². The van der Waals surface area contributed by atoms with Crippen LogP contribution in [0.3, 0.4) is 0 Å². The molecule has 1 aromatic carbocycles. The maximum absolute atomic E-state index is 11.8. The second-order valence-corrected chi connectivity index (χ2v) is 5.14. The van der Waals surface area contributed by atoms with Crippen molar-refractivity contribution >= 4 is 11.7 Å². The van der Waals surface area contributed by atoms with E-state index < -0.39 is 10.9 Å². The molecule has 0 aliphatic rings. The fourth-order valence-corrected chi connectivity index (χ4v) is 2.22. The Hall–Kier alpha value is -1.95. The van der Waals surface area contributed by atoms with E-state index in [0.29, 0.717) is 12.2 Å². The summed E-state index contributed by atoms with van der Waals surface area (Å²) in [5.74, 6) is -0.438. The highest BCUT2D eigenvalue weighted by Crippen LogP contribution is 2.12. The molecule has 6 nitrogen and oxygen atoms in total. The molecule has 0 fully saturated rings. The number of carbonyl (C=O) groups excluding carboxylic acids is 1. The molecule has 0 heterocycles. The van der Waals surface area contributed by atoms with E-state index in [4.69, 9.17) is 4.74 Å². The van der Waals surface area contributed by atoms with Crippen molar-refractivity contribution in [2.45, 2.75) is 33.1 Å². The van der Waals surface area contributed by atoms with Gasteiger partial charge < -0.3 is 9.64 Å². The highest BCUT2D eigenvalue weighted by atomic mass is 16.6. The number of benzene rings is 1. The lowest BCUT2D eigenvalue weighted by Crippen LogP contribution is -2.27. The summed E-state index contributed by atoms with van der Waals surface area (Å²) in [6, 6.07) is 5.45. The number of nitrogens with zero attached hydrogens (tertiary/aromatic N) is 2. The molecular weight excluding hydrogens is 284 g/mol. The van der Waals surface area contributed by atoms with E-state index in [1.165, 1.54) is 24.3 Å². The summed E-state index contributed by atoms with van der Waals surface area (Å²) in [4.78, 5) is 24.2. The van der Waals surface area contributed by atoms with E-state index >= 15 is 0 Å². The Bertz CT molecular complexity index is 468. The van der Waals surface area contributed by atoms with E-state index in [-0.39, 0.29) is 5.69 Å². The Labute approximate surface area is 131 Å². The van der Waals surface area contributed by atoms with Gasteiger partial charge in [-0.3, -0.25) is 10.1 Å². The summed E-state index contributed by atoms with van der Waals surface area (Å²) < 4.78 is 5.20. The molecule has 0 aliphatic carbocycles. The number of ether oxygens (including phenoxy) is 1. The third kappa shape index (κ3) is 6.22. The minimum Gasteiger partial charge on any atom is -0.462 e. The van der Waals surface area contributed by atoms with Crippen LogP contribution in [0.4, 0.5) is 5.69 Å². The van der Waals surface area contributed by atoms with E-state index in [1.807, 2.05) is 0 Å². The van der Waals surface area contributed by atoms with Crippen LogP contribution >= 0.6 is 0 Å². The van der Waals surface area contributed by atoms with Crippen LogP contribution in [0, 0.1) is 10.1 Å². The van der Waals surface area contributed by atoms with Gasteiger partial charge in [0.2, 0.25) is 0 Å². The summed E-state index contributed by atoms with van der Waals surface area (Å²) in [6.45, 7) is 7.69. The van der Waals surface area contributed by atoms with Crippen LogP contribution in [0.15, 0.2) is 24.3 Å². The van der Waals surface area contributed by atoms with E-state index in [1.54, 1.807) is 0 Å². The summed E-state index contributed by atoms with van der Waals surface area (Å²) in [5.41, 5.74) is 0.302. The van der Waals surface area contributed by atoms with Gasteiger partial charge in [0.15, 0.2) is 0 Å². The highest BCUT2D eigenvalue weighted by molar-refractivity contribution is 5.89. The van der Waals surface area contributed by atoms with Gasteiger partial charge in [-0.05, 0) is 44.5 Å². The van der Waals surface area contributed by atoms with Gasteiger partial charge in [0.25, 0.3) is 5.69 Å². The molecule has 1 rings (SSSR count). The Morgan fingerprint density at radius 3 is 2.23 bits per heavy atom. The van der Waals surface area contributed by atoms with Gasteiger partial charge in [0.05, 0.1) is 17.1 Å². The zero-order valence-electron chi connectivity index (χ0n) is 13.3. The van der Waals surface area contributed by atoms with E-state index in [9.17, 15) is 14.9 Å². The van der Waals surface area contributed by atoms with Gasteiger partial charge in [-0.2, -0.15) is 0 Å². The van der Waals surface area contributed by atoms with Crippen molar-refractivity contribution in [3.05, 3.63) is 39.9 Å². The van der Waals surface area contributed by atoms with Crippen molar-refractivity contribution in [3.8, 4) is 0 Å². The van der Waals surface area contributed by atoms with Crippen LogP contribution in [0.5, 0.6) is 0 Å². The molecule has 0 aromatic heterocycles. The minimum atomic E-state index is -0.495. The monoisotopic (exact) mass is 308 g/mol. The van der Waals surface area contributed by atoms with Crippen LogP contribution in [-0.4, -0.2) is 42.0 Å². The average Bonchev–Trinajstić information content (AvgIpc) is 2.51. The summed E-state index contributed by atoms with van der Waals surface area (Å²) >= 11 is 0. The van der Waals surface area contributed by atoms with Gasteiger partial charge in [-0.25, -0.2) is 4.79 Å². The Morgan fingerprint density at radius 2 is 1.73 bits per heavy atom. The molecule has 1 aromatic rings. The minimum absolute atomic E-state index is 0.0358. The predicted molar refractivity (Wildman–Crippen MR) is 85.0 cm³/mol. The highest BCUT2D eigenvalue weighted by Gasteiger charge is 2.10. The first-order valence-electron chi connectivity index (χ1n) is 7.72. The Morgan fingerprint density at radius 1 is 1.14 bits per heavy atom. The van der Waals surface area contributed by atoms with Crippen LogP contribution in [0.1, 0.15) is 43.5 Å². The lowest BCUT2D eigenvalue weighted by Gasteiger charge is -2.20. The number of non-ortho nitro benzene ring substituents is 1. The number of carbonyl (C=O) groups is 1. The molecule has 0 atom stereocenters. The van der Waals surface area contributed by atoms with Gasteiger partial charge in [-0.15, -0.1) is 0 Å². The number of nitro benzene ring substituents is 1. The smallest absolute Gasteiger partial charge is 0.338 e. The molecule has 122 valence electrons. The first kappa shape index (κ1) is 18.1. The van der Waals surface area contributed by atoms with Crippen molar-refractivity contribution in [3.63, 3.8) is 0 Å². The summed E-state index contributed by atoms with van der Waals surface area (Å²) in [6.07, 6.45) is 3.02. The second-order valence-electron chi connectivity index (χ2n) is 5.14. The van der Waals surface area contributed by atoms with E-state index in [2.05, 4.69) is 18.7 Å². The molecule has 0 amide bonds. The van der Waals surface area contributed by atoms with Crippen LogP contribution < -0.4 is 0 Å². The third-order valence-corrected chi connectivity index (χ3v) is 3.25. The second kappa shape index (κ2) is 9.89. The van der Waals surface area contributed by atoms with Gasteiger partial charge in [-0.1, -0.05) is 13.8 Å². The van der Waals surface area contributed by atoms with Crippen molar-refractivity contribution in [2.24, 2.45) is 0 Å². The fraction of sp³-hybridized carbons (Fsp3) is 0.562. The number of esters is 1. The molecule has 0 N–H and O–H groups in total. The van der Waals surface area contributed by atoms with Crippen LogP contribution in [0.25, 0.3) is 0 Å². The first-order chi connectivity index (χ1) is 10.6. The van der Waals surface area contributed by atoms with Gasteiger partial charge in [0.1, 0.15) is 0 Å². The molecule has 22 heavy (non-hydrogen) atoms. The molecule has 0 spiro atoms. The normalized spacial score (nSPS) is 10.7. The molecule has 0 bridgehead atoms. The van der Waals surface area contributed by atoms with Gasteiger partial charge >= 0.3 is 5.97 Å². The van der Waals surface area contributed by atoms with Crippen LogP contribution in [-0.2, 0) is 4.74 Å². The summed E-state index contributed by atoms with van der Waals surface area (Å²) in [5, 5.41) is 10.5. The lowest BCUT2D eigenvalue weighted by molar-refractivity contribution is -0.384. The van der Waals surface area contributed by atoms with E-state index in [0.717, 1.165) is 38.9 Å². The predicted octanol–water partition coefficient (Wildman–Crippen LogP) is 3.26. The maximum Gasteiger partial charge on any atom is 0.338 e. The SMILES string of the molecule is CCCN(CCC)CCCOC(=O)c1ccc([N+](=O)[O-])cc1. The quantitative estimate of drug-likeness (QED) is 0.287. The molecule has 0 aliphatic heterocycles.